The SMILES string of the molecule is COc1ccc(C(N)c2ccc(Br)c(C)c2)c(Br)c1. The van der Waals surface area contributed by atoms with Crippen molar-refractivity contribution >= 4 is 31.9 Å². The summed E-state index contributed by atoms with van der Waals surface area (Å²) in [6.07, 6.45) is 0. The van der Waals surface area contributed by atoms with E-state index in [0.29, 0.717) is 0 Å². The molecule has 0 saturated heterocycles. The molecule has 2 aromatic carbocycles. The first-order valence-electron chi connectivity index (χ1n) is 5.88. The van der Waals surface area contributed by atoms with Crippen molar-refractivity contribution in [1.29, 1.82) is 0 Å². The minimum Gasteiger partial charge on any atom is -0.497 e. The molecule has 2 rings (SSSR count). The number of nitrogens with two attached hydrogens (primary N) is 1. The van der Waals surface area contributed by atoms with Crippen molar-refractivity contribution in [3.8, 4) is 5.75 Å². The van der Waals surface area contributed by atoms with Crippen LogP contribution in [-0.2, 0) is 0 Å². The molecule has 1 unspecified atom stereocenters. The fourth-order valence-electron chi connectivity index (χ4n) is 1.93. The number of aryl methyl sites for hydroxylation is 1. The first kappa shape index (κ1) is 14.6. The topological polar surface area (TPSA) is 35.2 Å². The van der Waals surface area contributed by atoms with Gasteiger partial charge in [0.1, 0.15) is 5.75 Å². The summed E-state index contributed by atoms with van der Waals surface area (Å²) in [6, 6.07) is 11.9. The number of methoxy groups -OCH3 is 1. The third-order valence-corrected chi connectivity index (χ3v) is 4.66. The van der Waals surface area contributed by atoms with Crippen LogP contribution in [0.2, 0.25) is 0 Å². The number of rotatable bonds is 3. The monoisotopic (exact) mass is 383 g/mol. The highest BCUT2D eigenvalue weighted by atomic mass is 79.9. The summed E-state index contributed by atoms with van der Waals surface area (Å²) >= 11 is 7.05. The van der Waals surface area contributed by atoms with Gasteiger partial charge in [-0.2, -0.15) is 0 Å². The van der Waals surface area contributed by atoms with E-state index < -0.39 is 0 Å². The molecule has 19 heavy (non-hydrogen) atoms. The Morgan fingerprint density at radius 2 is 1.79 bits per heavy atom. The maximum absolute atomic E-state index is 6.34. The highest BCUT2D eigenvalue weighted by molar-refractivity contribution is 9.10. The van der Waals surface area contributed by atoms with E-state index in [2.05, 4.69) is 44.8 Å². The van der Waals surface area contributed by atoms with Gasteiger partial charge < -0.3 is 10.5 Å². The molecule has 0 radical (unpaired) electrons. The van der Waals surface area contributed by atoms with Crippen molar-refractivity contribution in [3.63, 3.8) is 0 Å². The van der Waals surface area contributed by atoms with E-state index in [-0.39, 0.29) is 6.04 Å². The van der Waals surface area contributed by atoms with Crippen LogP contribution in [0.15, 0.2) is 45.3 Å². The van der Waals surface area contributed by atoms with Gasteiger partial charge in [0.05, 0.1) is 13.2 Å². The average Bonchev–Trinajstić information content (AvgIpc) is 2.41. The van der Waals surface area contributed by atoms with Crippen molar-refractivity contribution in [1.82, 2.24) is 0 Å². The fraction of sp³-hybridized carbons (Fsp3) is 0.200. The highest BCUT2D eigenvalue weighted by Crippen LogP contribution is 2.31. The van der Waals surface area contributed by atoms with Gasteiger partial charge >= 0.3 is 0 Å². The molecular formula is C15H15Br2NO. The van der Waals surface area contributed by atoms with Crippen LogP contribution in [0.25, 0.3) is 0 Å². The lowest BCUT2D eigenvalue weighted by atomic mass is 9.98. The molecule has 0 aliphatic rings. The normalized spacial score (nSPS) is 12.3. The molecule has 0 amide bonds. The first-order chi connectivity index (χ1) is 9.02. The van der Waals surface area contributed by atoms with Crippen LogP contribution in [0.1, 0.15) is 22.7 Å². The molecule has 2 aromatic rings. The predicted octanol–water partition coefficient (Wildman–Crippen LogP) is 4.58. The van der Waals surface area contributed by atoms with Gasteiger partial charge in [0, 0.05) is 8.95 Å². The van der Waals surface area contributed by atoms with Gasteiger partial charge in [-0.15, -0.1) is 0 Å². The molecule has 2 N–H and O–H groups in total. The fourth-order valence-corrected chi connectivity index (χ4v) is 2.78. The summed E-state index contributed by atoms with van der Waals surface area (Å²) < 4.78 is 7.25. The minimum atomic E-state index is -0.160. The van der Waals surface area contributed by atoms with Crippen LogP contribution in [0.3, 0.4) is 0 Å². The quantitative estimate of drug-likeness (QED) is 0.840. The van der Waals surface area contributed by atoms with Crippen molar-refractivity contribution in [3.05, 3.63) is 62.0 Å². The second-order valence-electron chi connectivity index (χ2n) is 4.37. The third kappa shape index (κ3) is 3.19. The van der Waals surface area contributed by atoms with E-state index >= 15 is 0 Å². The summed E-state index contributed by atoms with van der Waals surface area (Å²) in [7, 11) is 1.65. The van der Waals surface area contributed by atoms with Crippen LogP contribution in [0.5, 0.6) is 5.75 Å². The Kier molecular flexibility index (Phi) is 4.66. The van der Waals surface area contributed by atoms with Gasteiger partial charge in [-0.05, 0) is 41.8 Å². The Balaban J connectivity index is 2.38. The molecule has 1 atom stereocenters. The van der Waals surface area contributed by atoms with Crippen molar-refractivity contribution in [2.75, 3.05) is 7.11 Å². The van der Waals surface area contributed by atoms with Crippen molar-refractivity contribution in [2.45, 2.75) is 13.0 Å². The van der Waals surface area contributed by atoms with Crippen LogP contribution in [-0.4, -0.2) is 7.11 Å². The van der Waals surface area contributed by atoms with Crippen molar-refractivity contribution < 1.29 is 4.74 Å². The Morgan fingerprint density at radius 3 is 2.37 bits per heavy atom. The molecule has 0 aromatic heterocycles. The lowest BCUT2D eigenvalue weighted by Gasteiger charge is -2.16. The number of benzene rings is 2. The van der Waals surface area contributed by atoms with E-state index in [0.717, 1.165) is 25.8 Å². The third-order valence-electron chi connectivity index (χ3n) is 3.08. The largest absolute Gasteiger partial charge is 0.497 e. The highest BCUT2D eigenvalue weighted by Gasteiger charge is 2.13. The van der Waals surface area contributed by atoms with E-state index in [1.54, 1.807) is 7.11 Å². The second-order valence-corrected chi connectivity index (χ2v) is 6.08. The first-order valence-corrected chi connectivity index (χ1v) is 7.46. The van der Waals surface area contributed by atoms with Crippen molar-refractivity contribution in [2.24, 2.45) is 5.73 Å². The molecule has 0 bridgehead atoms. The second kappa shape index (κ2) is 6.07. The molecule has 4 heteroatoms. The van der Waals surface area contributed by atoms with Gasteiger partial charge in [0.2, 0.25) is 0 Å². The van der Waals surface area contributed by atoms with Gasteiger partial charge in [-0.25, -0.2) is 0 Å². The Bertz CT molecular complexity index is 599. The summed E-state index contributed by atoms with van der Waals surface area (Å²) in [5.41, 5.74) is 9.65. The summed E-state index contributed by atoms with van der Waals surface area (Å²) in [6.45, 7) is 2.06. The van der Waals surface area contributed by atoms with Crippen LogP contribution in [0, 0.1) is 6.92 Å². The molecule has 0 fully saturated rings. The van der Waals surface area contributed by atoms with E-state index in [4.69, 9.17) is 10.5 Å². The van der Waals surface area contributed by atoms with E-state index in [9.17, 15) is 0 Å². The maximum atomic E-state index is 6.34. The molecule has 0 saturated carbocycles. The van der Waals surface area contributed by atoms with E-state index in [1.807, 2.05) is 30.3 Å². The number of hydrogen-bond acceptors (Lipinski definition) is 2. The number of halogens is 2. The van der Waals surface area contributed by atoms with Crippen LogP contribution in [0.4, 0.5) is 0 Å². The molecule has 100 valence electrons. The maximum Gasteiger partial charge on any atom is 0.120 e. The standard InChI is InChI=1S/C15H15Br2NO/c1-9-7-10(3-6-13(9)16)15(18)12-5-4-11(19-2)8-14(12)17/h3-8,15H,18H2,1-2H3. The Morgan fingerprint density at radius 1 is 1.05 bits per heavy atom. The molecular weight excluding hydrogens is 370 g/mol. The summed E-state index contributed by atoms with van der Waals surface area (Å²) in [5.74, 6) is 0.815. The zero-order chi connectivity index (χ0) is 14.0. The predicted molar refractivity (Wildman–Crippen MR) is 85.6 cm³/mol. The lowest BCUT2D eigenvalue weighted by Crippen LogP contribution is -2.12. The zero-order valence-corrected chi connectivity index (χ0v) is 14.0. The average molecular weight is 385 g/mol. The molecule has 0 aliphatic heterocycles. The minimum absolute atomic E-state index is 0.160. The number of hydrogen-bond donors (Lipinski definition) is 1. The van der Waals surface area contributed by atoms with E-state index in [1.165, 1.54) is 5.56 Å². The molecule has 0 spiro atoms. The molecule has 2 nitrogen and oxygen atoms in total. The Labute approximate surface area is 130 Å². The van der Waals surface area contributed by atoms with Gasteiger partial charge in [0.15, 0.2) is 0 Å². The molecule has 0 heterocycles. The lowest BCUT2D eigenvalue weighted by molar-refractivity contribution is 0.414. The summed E-state index contributed by atoms with van der Waals surface area (Å²) in [5, 5.41) is 0. The van der Waals surface area contributed by atoms with Gasteiger partial charge in [0.25, 0.3) is 0 Å². The zero-order valence-electron chi connectivity index (χ0n) is 10.8. The van der Waals surface area contributed by atoms with Gasteiger partial charge in [-0.3, -0.25) is 0 Å². The van der Waals surface area contributed by atoms with Crippen LogP contribution >= 0.6 is 31.9 Å². The van der Waals surface area contributed by atoms with Gasteiger partial charge in [-0.1, -0.05) is 50.1 Å². The number of ether oxygens (including phenoxy) is 1. The molecule has 0 aliphatic carbocycles. The Hall–Kier alpha value is -0.840. The summed E-state index contributed by atoms with van der Waals surface area (Å²) in [4.78, 5) is 0. The smallest absolute Gasteiger partial charge is 0.120 e. The van der Waals surface area contributed by atoms with Crippen LogP contribution < -0.4 is 10.5 Å².